The van der Waals surface area contributed by atoms with Gasteiger partial charge in [-0.1, -0.05) is 19.0 Å². The normalized spacial score (nSPS) is 11.5. The van der Waals surface area contributed by atoms with Crippen LogP contribution in [-0.2, 0) is 13.1 Å². The van der Waals surface area contributed by atoms with E-state index in [-0.39, 0.29) is 11.5 Å². The Kier molecular flexibility index (Phi) is 4.92. The standard InChI is InChI=1S/C14H21N5O3/c1-9(2)13-16-11(22-17-13)8-18(4)5-6-19-12(20)7-10(3)15-14(19)21/h7,9H,5-6,8H2,1-4H3,(H,15,21). The average molecular weight is 307 g/mol. The van der Waals surface area contributed by atoms with Crippen molar-refractivity contribution in [2.75, 3.05) is 13.6 Å². The van der Waals surface area contributed by atoms with Gasteiger partial charge in [-0.05, 0) is 14.0 Å². The van der Waals surface area contributed by atoms with Crippen molar-refractivity contribution in [3.63, 3.8) is 0 Å². The lowest BCUT2D eigenvalue weighted by atomic mass is 10.2. The lowest BCUT2D eigenvalue weighted by molar-refractivity contribution is 0.256. The summed E-state index contributed by atoms with van der Waals surface area (Å²) in [6.07, 6.45) is 0. The van der Waals surface area contributed by atoms with Crippen LogP contribution < -0.4 is 11.2 Å². The van der Waals surface area contributed by atoms with Gasteiger partial charge in [-0.3, -0.25) is 14.3 Å². The van der Waals surface area contributed by atoms with Gasteiger partial charge in [-0.25, -0.2) is 4.79 Å². The molecule has 0 saturated heterocycles. The van der Waals surface area contributed by atoms with Gasteiger partial charge in [0.05, 0.1) is 6.54 Å². The minimum Gasteiger partial charge on any atom is -0.338 e. The highest BCUT2D eigenvalue weighted by Crippen LogP contribution is 2.10. The van der Waals surface area contributed by atoms with Crippen molar-refractivity contribution in [3.8, 4) is 0 Å². The molecule has 120 valence electrons. The number of hydrogen-bond acceptors (Lipinski definition) is 6. The summed E-state index contributed by atoms with van der Waals surface area (Å²) in [7, 11) is 1.87. The summed E-state index contributed by atoms with van der Waals surface area (Å²) in [4.78, 5) is 32.4. The second-order valence-electron chi connectivity index (χ2n) is 5.69. The van der Waals surface area contributed by atoms with E-state index in [1.165, 1.54) is 10.6 Å². The summed E-state index contributed by atoms with van der Waals surface area (Å²) in [5, 5.41) is 3.90. The smallest absolute Gasteiger partial charge is 0.328 e. The molecular weight excluding hydrogens is 286 g/mol. The third-order valence-electron chi connectivity index (χ3n) is 3.27. The Morgan fingerprint density at radius 1 is 1.41 bits per heavy atom. The van der Waals surface area contributed by atoms with Gasteiger partial charge in [0, 0.05) is 30.8 Å². The van der Waals surface area contributed by atoms with Gasteiger partial charge >= 0.3 is 5.69 Å². The molecule has 0 spiro atoms. The quantitative estimate of drug-likeness (QED) is 0.834. The molecule has 0 fully saturated rings. The Bertz CT molecular complexity index is 712. The maximum atomic E-state index is 11.8. The SMILES string of the molecule is Cc1cc(=O)n(CCN(C)Cc2nc(C(C)C)no2)c(=O)[nH]1. The van der Waals surface area contributed by atoms with Crippen LogP contribution in [0, 0.1) is 6.92 Å². The first kappa shape index (κ1) is 16.2. The maximum Gasteiger partial charge on any atom is 0.328 e. The number of hydrogen-bond donors (Lipinski definition) is 1. The third-order valence-corrected chi connectivity index (χ3v) is 3.27. The lowest BCUT2D eigenvalue weighted by Gasteiger charge is -2.14. The zero-order valence-electron chi connectivity index (χ0n) is 13.3. The molecule has 0 amide bonds. The van der Waals surface area contributed by atoms with Crippen LogP contribution in [0.15, 0.2) is 20.2 Å². The molecule has 2 aromatic rings. The maximum absolute atomic E-state index is 11.8. The molecule has 1 N–H and O–H groups in total. The molecule has 0 unspecified atom stereocenters. The van der Waals surface area contributed by atoms with Crippen molar-refractivity contribution < 1.29 is 4.52 Å². The minimum atomic E-state index is -0.390. The van der Waals surface area contributed by atoms with E-state index in [1.807, 2.05) is 25.8 Å². The number of nitrogens with zero attached hydrogens (tertiary/aromatic N) is 4. The number of aromatic nitrogens is 4. The van der Waals surface area contributed by atoms with E-state index < -0.39 is 5.69 Å². The Hall–Kier alpha value is -2.22. The Morgan fingerprint density at radius 2 is 2.14 bits per heavy atom. The van der Waals surface area contributed by atoms with Crippen LogP contribution in [0.25, 0.3) is 0 Å². The number of rotatable bonds is 6. The summed E-state index contributed by atoms with van der Waals surface area (Å²) in [5.74, 6) is 1.42. The first-order valence-corrected chi connectivity index (χ1v) is 7.18. The van der Waals surface area contributed by atoms with Gasteiger partial charge < -0.3 is 9.51 Å². The highest BCUT2D eigenvalue weighted by Gasteiger charge is 2.12. The molecule has 0 saturated carbocycles. The van der Waals surface area contributed by atoms with E-state index in [2.05, 4.69) is 15.1 Å². The molecule has 0 aromatic carbocycles. The van der Waals surface area contributed by atoms with E-state index in [0.717, 1.165) is 0 Å². The molecule has 0 aliphatic rings. The summed E-state index contributed by atoms with van der Waals surface area (Å²) >= 11 is 0. The molecule has 2 heterocycles. The Balaban J connectivity index is 1.97. The van der Waals surface area contributed by atoms with Crippen molar-refractivity contribution >= 4 is 0 Å². The second-order valence-corrected chi connectivity index (χ2v) is 5.69. The van der Waals surface area contributed by atoms with Crippen molar-refractivity contribution in [2.24, 2.45) is 0 Å². The molecule has 8 nitrogen and oxygen atoms in total. The van der Waals surface area contributed by atoms with Crippen molar-refractivity contribution in [3.05, 3.63) is 44.3 Å². The van der Waals surface area contributed by atoms with Gasteiger partial charge in [0.15, 0.2) is 5.82 Å². The van der Waals surface area contributed by atoms with Crippen LogP contribution >= 0.6 is 0 Å². The van der Waals surface area contributed by atoms with Crippen molar-refractivity contribution in [1.82, 2.24) is 24.6 Å². The molecule has 0 atom stereocenters. The fraction of sp³-hybridized carbons (Fsp3) is 0.571. The molecule has 22 heavy (non-hydrogen) atoms. The van der Waals surface area contributed by atoms with E-state index in [9.17, 15) is 9.59 Å². The van der Waals surface area contributed by atoms with Crippen LogP contribution in [0.2, 0.25) is 0 Å². The molecule has 2 rings (SSSR count). The predicted octanol–water partition coefficient (Wildman–Crippen LogP) is 0.483. The summed E-state index contributed by atoms with van der Waals surface area (Å²) in [5.41, 5.74) is -0.125. The molecule has 0 radical (unpaired) electrons. The monoisotopic (exact) mass is 307 g/mol. The van der Waals surface area contributed by atoms with E-state index in [0.29, 0.717) is 37.0 Å². The zero-order valence-corrected chi connectivity index (χ0v) is 13.3. The number of aromatic amines is 1. The van der Waals surface area contributed by atoms with Gasteiger partial charge in [0.1, 0.15) is 0 Å². The van der Waals surface area contributed by atoms with Crippen LogP contribution in [0.4, 0.5) is 0 Å². The molecular formula is C14H21N5O3. The largest absolute Gasteiger partial charge is 0.338 e. The first-order valence-electron chi connectivity index (χ1n) is 7.18. The van der Waals surface area contributed by atoms with Gasteiger partial charge in [0.2, 0.25) is 5.89 Å². The minimum absolute atomic E-state index is 0.215. The van der Waals surface area contributed by atoms with E-state index in [4.69, 9.17) is 4.52 Å². The van der Waals surface area contributed by atoms with E-state index >= 15 is 0 Å². The molecule has 0 aliphatic heterocycles. The van der Waals surface area contributed by atoms with Crippen molar-refractivity contribution in [2.45, 2.75) is 39.8 Å². The summed E-state index contributed by atoms with van der Waals surface area (Å²) in [6, 6.07) is 1.41. The highest BCUT2D eigenvalue weighted by molar-refractivity contribution is 4.96. The van der Waals surface area contributed by atoms with Gasteiger partial charge in [-0.2, -0.15) is 4.98 Å². The molecule has 0 aliphatic carbocycles. The number of H-pyrrole nitrogens is 1. The summed E-state index contributed by atoms with van der Waals surface area (Å²) < 4.78 is 6.35. The molecule has 2 aromatic heterocycles. The Labute approximate surface area is 127 Å². The van der Waals surface area contributed by atoms with Crippen molar-refractivity contribution in [1.29, 1.82) is 0 Å². The van der Waals surface area contributed by atoms with Crippen LogP contribution in [-0.4, -0.2) is 38.2 Å². The molecule has 8 heteroatoms. The fourth-order valence-corrected chi connectivity index (χ4v) is 1.99. The number of likely N-dealkylation sites (N-methyl/N-ethyl adjacent to an activating group) is 1. The lowest BCUT2D eigenvalue weighted by Crippen LogP contribution is -2.38. The number of nitrogens with one attached hydrogen (secondary N) is 1. The average Bonchev–Trinajstić information content (AvgIpc) is 2.86. The first-order chi connectivity index (χ1) is 10.4. The topological polar surface area (TPSA) is 97.0 Å². The van der Waals surface area contributed by atoms with Crippen LogP contribution in [0.5, 0.6) is 0 Å². The second kappa shape index (κ2) is 6.69. The van der Waals surface area contributed by atoms with E-state index in [1.54, 1.807) is 6.92 Å². The Morgan fingerprint density at radius 3 is 2.73 bits per heavy atom. The van der Waals surface area contributed by atoms with Crippen LogP contribution in [0.1, 0.15) is 37.2 Å². The van der Waals surface area contributed by atoms with Gasteiger partial charge in [-0.15, -0.1) is 0 Å². The van der Waals surface area contributed by atoms with Crippen LogP contribution in [0.3, 0.4) is 0 Å². The fourth-order valence-electron chi connectivity index (χ4n) is 1.99. The molecule has 0 bridgehead atoms. The van der Waals surface area contributed by atoms with Gasteiger partial charge in [0.25, 0.3) is 5.56 Å². The summed E-state index contributed by atoms with van der Waals surface area (Å²) in [6.45, 7) is 6.96. The third kappa shape index (κ3) is 3.91. The predicted molar refractivity (Wildman–Crippen MR) is 80.8 cm³/mol. The zero-order chi connectivity index (χ0) is 16.3. The highest BCUT2D eigenvalue weighted by atomic mass is 16.5. The number of aryl methyl sites for hydroxylation is 1.